The van der Waals surface area contributed by atoms with Crippen LogP contribution in [0.5, 0.6) is 0 Å². The van der Waals surface area contributed by atoms with Crippen LogP contribution in [-0.4, -0.2) is 66.3 Å². The Balaban J connectivity index is 1.30. The molecule has 2 heterocycles. The maximum Gasteiger partial charge on any atom is 0.309 e. The van der Waals surface area contributed by atoms with E-state index in [4.69, 9.17) is 4.74 Å². The molecule has 0 radical (unpaired) electrons. The van der Waals surface area contributed by atoms with Gasteiger partial charge in [-0.2, -0.15) is 4.31 Å². The van der Waals surface area contributed by atoms with Gasteiger partial charge in [-0.05, 0) is 50.7 Å². The minimum Gasteiger partial charge on any atom is -0.455 e. The highest BCUT2D eigenvalue weighted by Crippen LogP contribution is 2.30. The van der Waals surface area contributed by atoms with E-state index in [0.717, 1.165) is 51.4 Å². The number of nitrogens with zero attached hydrogens (tertiary/aromatic N) is 3. The summed E-state index contributed by atoms with van der Waals surface area (Å²) >= 11 is 0. The number of hydrogen-bond donors (Lipinski definition) is 0. The van der Waals surface area contributed by atoms with Crippen LogP contribution in [-0.2, 0) is 24.3 Å². The van der Waals surface area contributed by atoms with Crippen molar-refractivity contribution < 1.29 is 22.7 Å². The molecule has 2 saturated carbocycles. The number of aromatic nitrogens is 1. The predicted octanol–water partition coefficient (Wildman–Crippen LogP) is 3.52. The smallest absolute Gasteiger partial charge is 0.309 e. The molecule has 1 aliphatic heterocycles. The Labute approximate surface area is 203 Å². The van der Waals surface area contributed by atoms with Crippen LogP contribution in [0.15, 0.2) is 29.4 Å². The quantitative estimate of drug-likeness (QED) is 0.542. The van der Waals surface area contributed by atoms with Crippen LogP contribution < -0.4 is 0 Å². The lowest BCUT2D eigenvalue weighted by atomic mass is 9.88. The SMILES string of the molecule is O=C(OCC(=O)N(C1CCCCC1)C1CCCCC1)C1CCN(S(=O)(=O)c2cccnc2)CC1. The molecule has 1 aromatic heterocycles. The molecule has 4 rings (SSSR count). The minimum absolute atomic E-state index is 0.0660. The van der Waals surface area contributed by atoms with Crippen molar-refractivity contribution in [1.29, 1.82) is 0 Å². The largest absolute Gasteiger partial charge is 0.455 e. The number of carbonyl (C=O) groups is 2. The number of rotatable bonds is 7. The van der Waals surface area contributed by atoms with Crippen molar-refractivity contribution in [2.24, 2.45) is 5.92 Å². The van der Waals surface area contributed by atoms with Crippen molar-refractivity contribution in [3.05, 3.63) is 24.5 Å². The second kappa shape index (κ2) is 11.6. The summed E-state index contributed by atoms with van der Waals surface area (Å²) in [6, 6.07) is 3.66. The van der Waals surface area contributed by atoms with E-state index >= 15 is 0 Å². The average Bonchev–Trinajstić information content (AvgIpc) is 2.89. The van der Waals surface area contributed by atoms with Crippen molar-refractivity contribution >= 4 is 21.9 Å². The number of amides is 1. The van der Waals surface area contributed by atoms with Gasteiger partial charge in [0.15, 0.2) is 6.61 Å². The summed E-state index contributed by atoms with van der Waals surface area (Å²) in [6.07, 6.45) is 14.9. The molecule has 1 saturated heterocycles. The summed E-state index contributed by atoms with van der Waals surface area (Å²) in [6.45, 7) is 0.294. The lowest BCUT2D eigenvalue weighted by molar-refractivity contribution is -0.159. The molecular formula is C25H37N3O5S. The van der Waals surface area contributed by atoms with E-state index in [9.17, 15) is 18.0 Å². The van der Waals surface area contributed by atoms with Crippen molar-refractivity contribution in [2.45, 2.75) is 94.0 Å². The maximum absolute atomic E-state index is 13.2. The highest BCUT2D eigenvalue weighted by atomic mass is 32.2. The molecule has 0 spiro atoms. The lowest BCUT2D eigenvalue weighted by Gasteiger charge is -2.41. The lowest BCUT2D eigenvalue weighted by Crippen LogP contribution is -2.50. The predicted molar refractivity (Wildman–Crippen MR) is 127 cm³/mol. The Morgan fingerprint density at radius 3 is 2.06 bits per heavy atom. The van der Waals surface area contributed by atoms with Crippen molar-refractivity contribution in [1.82, 2.24) is 14.2 Å². The van der Waals surface area contributed by atoms with Crippen LogP contribution in [0.3, 0.4) is 0 Å². The number of sulfonamides is 1. The molecule has 1 amide bonds. The number of pyridine rings is 1. The normalized spacial score (nSPS) is 21.8. The van der Waals surface area contributed by atoms with Gasteiger partial charge in [0.25, 0.3) is 5.91 Å². The number of esters is 1. The topological polar surface area (TPSA) is 96.9 Å². The minimum atomic E-state index is -3.62. The summed E-state index contributed by atoms with van der Waals surface area (Å²) in [5, 5.41) is 0. The fourth-order valence-electron chi connectivity index (χ4n) is 5.73. The molecule has 8 nitrogen and oxygen atoms in total. The first-order valence-corrected chi connectivity index (χ1v) is 14.3. The van der Waals surface area contributed by atoms with Gasteiger partial charge in [0.1, 0.15) is 4.90 Å². The van der Waals surface area contributed by atoms with Gasteiger partial charge in [0.2, 0.25) is 10.0 Å². The van der Waals surface area contributed by atoms with E-state index in [1.807, 2.05) is 0 Å². The van der Waals surface area contributed by atoms with Gasteiger partial charge in [0, 0.05) is 37.6 Å². The highest BCUT2D eigenvalue weighted by molar-refractivity contribution is 7.89. The Hall–Kier alpha value is -2.00. The van der Waals surface area contributed by atoms with Crippen LogP contribution in [0.4, 0.5) is 0 Å². The first-order chi connectivity index (χ1) is 16.5. The Morgan fingerprint density at radius 2 is 1.53 bits per heavy atom. The third-order valence-electron chi connectivity index (χ3n) is 7.62. The van der Waals surface area contributed by atoms with Crippen LogP contribution in [0.1, 0.15) is 77.0 Å². The third kappa shape index (κ3) is 5.97. The summed E-state index contributed by atoms with van der Waals surface area (Å²) in [7, 11) is -3.62. The first-order valence-electron chi connectivity index (χ1n) is 12.8. The van der Waals surface area contributed by atoms with Gasteiger partial charge in [-0.25, -0.2) is 8.42 Å². The molecule has 0 aromatic carbocycles. The zero-order valence-electron chi connectivity index (χ0n) is 19.9. The molecular weight excluding hydrogens is 454 g/mol. The van der Waals surface area contributed by atoms with Gasteiger partial charge in [0.05, 0.1) is 5.92 Å². The molecule has 188 valence electrons. The molecule has 0 atom stereocenters. The van der Waals surface area contributed by atoms with E-state index in [2.05, 4.69) is 9.88 Å². The summed E-state index contributed by atoms with van der Waals surface area (Å²) in [5.74, 6) is -0.839. The Morgan fingerprint density at radius 1 is 0.941 bits per heavy atom. The number of ether oxygens (including phenoxy) is 1. The molecule has 0 bridgehead atoms. The zero-order valence-corrected chi connectivity index (χ0v) is 20.8. The van der Waals surface area contributed by atoms with Crippen molar-refractivity contribution in [3.63, 3.8) is 0 Å². The Kier molecular flexibility index (Phi) is 8.58. The van der Waals surface area contributed by atoms with E-state index in [-0.39, 0.29) is 54.5 Å². The number of piperidine rings is 1. The van der Waals surface area contributed by atoms with E-state index in [0.29, 0.717) is 12.8 Å². The second-order valence-corrected chi connectivity index (χ2v) is 11.8. The van der Waals surface area contributed by atoms with Crippen molar-refractivity contribution in [2.75, 3.05) is 19.7 Å². The fraction of sp³-hybridized carbons (Fsp3) is 0.720. The number of hydrogen-bond acceptors (Lipinski definition) is 6. The van der Waals surface area contributed by atoms with E-state index < -0.39 is 10.0 Å². The van der Waals surface area contributed by atoms with E-state index in [1.54, 1.807) is 6.07 Å². The van der Waals surface area contributed by atoms with Crippen molar-refractivity contribution in [3.8, 4) is 0 Å². The second-order valence-electron chi connectivity index (χ2n) is 9.86. The highest BCUT2D eigenvalue weighted by Gasteiger charge is 2.35. The summed E-state index contributed by atoms with van der Waals surface area (Å²) in [4.78, 5) is 32.1. The monoisotopic (exact) mass is 491 g/mol. The molecule has 0 N–H and O–H groups in total. The third-order valence-corrected chi connectivity index (χ3v) is 9.50. The molecule has 3 aliphatic rings. The van der Waals surface area contributed by atoms with Crippen LogP contribution in [0.2, 0.25) is 0 Å². The van der Waals surface area contributed by atoms with Gasteiger partial charge in [-0.15, -0.1) is 0 Å². The Bertz CT molecular complexity index is 901. The number of carbonyl (C=O) groups excluding carboxylic acids is 2. The molecule has 3 fully saturated rings. The molecule has 34 heavy (non-hydrogen) atoms. The average molecular weight is 492 g/mol. The van der Waals surface area contributed by atoms with Crippen LogP contribution in [0.25, 0.3) is 0 Å². The van der Waals surface area contributed by atoms with E-state index in [1.165, 1.54) is 35.6 Å². The first kappa shape index (κ1) is 25.1. The van der Waals surface area contributed by atoms with Gasteiger partial charge in [-0.3, -0.25) is 14.6 Å². The fourth-order valence-corrected chi connectivity index (χ4v) is 7.16. The summed E-state index contributed by atoms with van der Waals surface area (Å²) in [5.41, 5.74) is 0. The van der Waals surface area contributed by atoms with Crippen LogP contribution >= 0.6 is 0 Å². The van der Waals surface area contributed by atoms with Gasteiger partial charge in [-0.1, -0.05) is 38.5 Å². The molecule has 1 aromatic rings. The van der Waals surface area contributed by atoms with Crippen LogP contribution in [0, 0.1) is 5.92 Å². The summed E-state index contributed by atoms with van der Waals surface area (Å²) < 4.78 is 32.4. The van der Waals surface area contributed by atoms with Gasteiger partial charge >= 0.3 is 5.97 Å². The molecule has 9 heteroatoms. The molecule has 2 aliphatic carbocycles. The molecule has 0 unspecified atom stereocenters. The zero-order chi connectivity index (χ0) is 24.0. The standard InChI is InChI=1S/C25H37N3O5S/c29-24(28(21-8-3-1-4-9-21)22-10-5-2-6-11-22)19-33-25(30)20-13-16-27(17-14-20)34(31,32)23-12-7-15-26-18-23/h7,12,15,18,20-22H,1-6,8-11,13-14,16-17,19H2. The maximum atomic E-state index is 13.2. The van der Waals surface area contributed by atoms with Gasteiger partial charge < -0.3 is 9.64 Å².